The van der Waals surface area contributed by atoms with Crippen LogP contribution in [-0.2, 0) is 0 Å². The van der Waals surface area contributed by atoms with Gasteiger partial charge in [0.15, 0.2) is 5.65 Å². The van der Waals surface area contributed by atoms with Gasteiger partial charge >= 0.3 is 0 Å². The summed E-state index contributed by atoms with van der Waals surface area (Å²) >= 11 is 9.77. The number of nitrogen functional groups attached to an aromatic ring is 1. The van der Waals surface area contributed by atoms with Crippen LogP contribution in [-0.4, -0.2) is 14.5 Å². The highest BCUT2D eigenvalue weighted by Crippen LogP contribution is 2.35. The summed E-state index contributed by atoms with van der Waals surface area (Å²) in [6, 6.07) is 5.76. The molecule has 108 valence electrons. The predicted octanol–water partition coefficient (Wildman–Crippen LogP) is 4.34. The van der Waals surface area contributed by atoms with E-state index in [0.717, 1.165) is 32.5 Å². The van der Waals surface area contributed by atoms with Gasteiger partial charge in [0, 0.05) is 5.69 Å². The van der Waals surface area contributed by atoms with Crippen molar-refractivity contribution in [3.63, 3.8) is 0 Å². The Bertz CT molecular complexity index is 870. The number of nitrogens with zero attached hydrogens (tertiary/aromatic N) is 3. The van der Waals surface area contributed by atoms with Crippen LogP contribution in [0.2, 0.25) is 5.02 Å². The molecule has 0 amide bonds. The van der Waals surface area contributed by atoms with E-state index in [0.29, 0.717) is 16.7 Å². The predicted molar refractivity (Wildman–Crippen MR) is 90.2 cm³/mol. The number of anilines is 1. The maximum absolute atomic E-state index is 6.22. The Balaban J connectivity index is 2.48. The van der Waals surface area contributed by atoms with Crippen molar-refractivity contribution in [2.45, 2.75) is 20.8 Å². The van der Waals surface area contributed by atoms with Crippen LogP contribution < -0.4 is 5.73 Å². The molecule has 2 heterocycles. The summed E-state index contributed by atoms with van der Waals surface area (Å²) in [6.45, 7) is 5.91. The molecule has 3 rings (SSSR count). The zero-order chi connectivity index (χ0) is 15.3. The highest BCUT2D eigenvalue weighted by molar-refractivity contribution is 9.10. The number of fused-ring (bicyclic) bond motifs is 1. The van der Waals surface area contributed by atoms with Crippen molar-refractivity contribution in [1.29, 1.82) is 0 Å². The minimum atomic E-state index is 0.509. The number of aryl methyl sites for hydroxylation is 2. The highest BCUT2D eigenvalue weighted by Gasteiger charge is 2.19. The van der Waals surface area contributed by atoms with Gasteiger partial charge in [-0.1, -0.05) is 17.7 Å². The zero-order valence-corrected chi connectivity index (χ0v) is 14.2. The molecule has 2 N–H and O–H groups in total. The number of benzene rings is 1. The van der Waals surface area contributed by atoms with Crippen LogP contribution in [0.3, 0.4) is 0 Å². The van der Waals surface area contributed by atoms with Gasteiger partial charge in [-0.15, -0.1) is 0 Å². The van der Waals surface area contributed by atoms with Gasteiger partial charge in [0.25, 0.3) is 0 Å². The normalized spacial score (nSPS) is 11.3. The van der Waals surface area contributed by atoms with Crippen LogP contribution in [0.4, 0.5) is 5.82 Å². The van der Waals surface area contributed by atoms with Crippen LogP contribution in [0.25, 0.3) is 16.7 Å². The lowest BCUT2D eigenvalue weighted by molar-refractivity contribution is 0.991. The number of hydrogen-bond donors (Lipinski definition) is 1. The summed E-state index contributed by atoms with van der Waals surface area (Å²) in [4.78, 5) is 8.84. The van der Waals surface area contributed by atoms with Crippen molar-refractivity contribution < 1.29 is 0 Å². The van der Waals surface area contributed by atoms with Crippen molar-refractivity contribution in [3.05, 3.63) is 44.8 Å². The molecule has 6 heteroatoms. The lowest BCUT2D eigenvalue weighted by Crippen LogP contribution is -2.02. The van der Waals surface area contributed by atoms with Gasteiger partial charge in [0.2, 0.25) is 0 Å². The van der Waals surface area contributed by atoms with E-state index in [1.807, 2.05) is 39.0 Å². The molecule has 0 fully saturated rings. The van der Waals surface area contributed by atoms with Gasteiger partial charge in [0.05, 0.1) is 20.6 Å². The Labute approximate surface area is 136 Å². The molecule has 0 aliphatic heterocycles. The topological polar surface area (TPSA) is 56.7 Å². The summed E-state index contributed by atoms with van der Waals surface area (Å²) in [7, 11) is 0. The molecule has 0 unspecified atom stereocenters. The second-order valence-corrected chi connectivity index (χ2v) is 6.17. The Morgan fingerprint density at radius 1 is 1.19 bits per heavy atom. The molecule has 0 bridgehead atoms. The van der Waals surface area contributed by atoms with Gasteiger partial charge < -0.3 is 5.73 Å². The monoisotopic (exact) mass is 364 g/mol. The van der Waals surface area contributed by atoms with Crippen LogP contribution in [0.5, 0.6) is 0 Å². The summed E-state index contributed by atoms with van der Waals surface area (Å²) < 4.78 is 2.90. The maximum Gasteiger partial charge on any atom is 0.150 e. The summed E-state index contributed by atoms with van der Waals surface area (Å²) in [5, 5.41) is 1.55. The van der Waals surface area contributed by atoms with E-state index >= 15 is 0 Å². The second-order valence-electron chi connectivity index (χ2n) is 4.97. The Hall–Kier alpha value is -1.59. The van der Waals surface area contributed by atoms with Gasteiger partial charge in [-0.2, -0.15) is 0 Å². The molecule has 0 atom stereocenters. The number of aromatic nitrogens is 3. The fourth-order valence-corrected chi connectivity index (χ4v) is 3.18. The van der Waals surface area contributed by atoms with Crippen LogP contribution in [0.15, 0.2) is 22.7 Å². The smallest absolute Gasteiger partial charge is 0.150 e. The highest BCUT2D eigenvalue weighted by atomic mass is 79.9. The van der Waals surface area contributed by atoms with Gasteiger partial charge in [0.1, 0.15) is 11.6 Å². The summed E-state index contributed by atoms with van der Waals surface area (Å²) in [6.07, 6.45) is 0. The first-order valence-electron chi connectivity index (χ1n) is 6.48. The van der Waals surface area contributed by atoms with Crippen molar-refractivity contribution in [2.24, 2.45) is 0 Å². The minimum absolute atomic E-state index is 0.509. The van der Waals surface area contributed by atoms with E-state index in [2.05, 4.69) is 30.5 Å². The molecule has 2 aromatic heterocycles. The number of hydrogen-bond acceptors (Lipinski definition) is 3. The van der Waals surface area contributed by atoms with Gasteiger partial charge in [-0.05, 0) is 54.4 Å². The van der Waals surface area contributed by atoms with Crippen LogP contribution >= 0.6 is 27.5 Å². The third kappa shape index (κ3) is 2.12. The number of rotatable bonds is 1. The molecule has 0 aliphatic rings. The van der Waals surface area contributed by atoms with E-state index in [9.17, 15) is 0 Å². The van der Waals surface area contributed by atoms with Crippen molar-refractivity contribution in [2.75, 3.05) is 5.73 Å². The largest absolute Gasteiger partial charge is 0.383 e. The lowest BCUT2D eigenvalue weighted by atomic mass is 10.2. The first-order valence-corrected chi connectivity index (χ1v) is 7.65. The third-order valence-corrected chi connectivity index (χ3v) is 5.04. The average Bonchev–Trinajstić information content (AvgIpc) is 2.66. The first-order chi connectivity index (χ1) is 9.91. The number of halogens is 2. The molecule has 0 saturated heterocycles. The summed E-state index contributed by atoms with van der Waals surface area (Å²) in [5.74, 6) is 1.16. The number of nitrogens with two attached hydrogens (primary N) is 1. The molecule has 0 aliphatic carbocycles. The summed E-state index contributed by atoms with van der Waals surface area (Å²) in [5.41, 5.74) is 9.98. The van der Waals surface area contributed by atoms with E-state index in [4.69, 9.17) is 17.3 Å². The molecular weight excluding hydrogens is 352 g/mol. The maximum atomic E-state index is 6.22. The molecule has 0 saturated carbocycles. The molecular formula is C15H14BrClN4. The van der Waals surface area contributed by atoms with E-state index in [-0.39, 0.29) is 0 Å². The zero-order valence-electron chi connectivity index (χ0n) is 11.9. The second kappa shape index (κ2) is 5.00. The standard InChI is InChI=1S/C15H14BrClN4/c1-7-8(2)21(11-6-4-5-10(17)13(11)16)15-12(7)14(18)19-9(3)20-15/h4-6H,1-3H3,(H2,18,19,20). The molecule has 0 spiro atoms. The molecule has 3 aromatic rings. The average molecular weight is 366 g/mol. The van der Waals surface area contributed by atoms with Crippen molar-refractivity contribution in [1.82, 2.24) is 14.5 Å². The molecule has 1 aromatic carbocycles. The Kier molecular flexibility index (Phi) is 3.42. The van der Waals surface area contributed by atoms with Crippen molar-refractivity contribution >= 4 is 44.4 Å². The van der Waals surface area contributed by atoms with E-state index in [1.165, 1.54) is 0 Å². The quantitative estimate of drug-likeness (QED) is 0.697. The lowest BCUT2D eigenvalue weighted by Gasteiger charge is -2.11. The molecule has 0 radical (unpaired) electrons. The van der Waals surface area contributed by atoms with Gasteiger partial charge in [-0.25, -0.2) is 9.97 Å². The SMILES string of the molecule is Cc1nc(N)c2c(C)c(C)n(-c3cccc(Cl)c3Br)c2n1. The fraction of sp³-hybridized carbons (Fsp3) is 0.200. The molecule has 21 heavy (non-hydrogen) atoms. The van der Waals surface area contributed by atoms with Crippen molar-refractivity contribution in [3.8, 4) is 5.69 Å². The Morgan fingerprint density at radius 3 is 2.62 bits per heavy atom. The van der Waals surface area contributed by atoms with E-state index in [1.54, 1.807) is 0 Å². The third-order valence-electron chi connectivity index (χ3n) is 3.67. The minimum Gasteiger partial charge on any atom is -0.383 e. The van der Waals surface area contributed by atoms with Gasteiger partial charge in [-0.3, -0.25) is 4.57 Å². The van der Waals surface area contributed by atoms with E-state index < -0.39 is 0 Å². The van der Waals surface area contributed by atoms with Crippen LogP contribution in [0.1, 0.15) is 17.1 Å². The fourth-order valence-electron chi connectivity index (χ4n) is 2.57. The first kappa shape index (κ1) is 14.4. The molecule has 4 nitrogen and oxygen atoms in total. The Morgan fingerprint density at radius 2 is 1.90 bits per heavy atom. The van der Waals surface area contributed by atoms with Crippen LogP contribution in [0, 0.1) is 20.8 Å².